The van der Waals surface area contributed by atoms with Gasteiger partial charge in [0.1, 0.15) is 5.75 Å². The third-order valence-electron chi connectivity index (χ3n) is 4.10. The molecule has 0 saturated carbocycles. The van der Waals surface area contributed by atoms with Crippen molar-refractivity contribution in [3.63, 3.8) is 0 Å². The number of unbranched alkanes of at least 4 members (excludes halogenated alkanes) is 1. The van der Waals surface area contributed by atoms with Gasteiger partial charge in [-0.25, -0.2) is 0 Å². The van der Waals surface area contributed by atoms with Gasteiger partial charge in [0.2, 0.25) is 0 Å². The molecule has 0 amide bonds. The first-order chi connectivity index (χ1) is 13.3. The van der Waals surface area contributed by atoms with Gasteiger partial charge in [0, 0.05) is 37.9 Å². The fraction of sp³-hybridized carbons (Fsp3) is 0.455. The predicted molar refractivity (Wildman–Crippen MR) is 128 cm³/mol. The van der Waals surface area contributed by atoms with Crippen molar-refractivity contribution in [2.24, 2.45) is 4.99 Å². The summed E-state index contributed by atoms with van der Waals surface area (Å²) in [5.74, 6) is 1.80. The molecule has 0 unspecified atom stereocenters. The zero-order valence-electron chi connectivity index (χ0n) is 17.0. The van der Waals surface area contributed by atoms with Crippen LogP contribution in [0.1, 0.15) is 37.9 Å². The molecule has 154 valence electrons. The molecule has 28 heavy (non-hydrogen) atoms. The average molecular weight is 496 g/mol. The third-order valence-corrected chi connectivity index (χ3v) is 4.10. The van der Waals surface area contributed by atoms with E-state index in [1.165, 1.54) is 5.56 Å². The van der Waals surface area contributed by atoms with Crippen molar-refractivity contribution in [2.45, 2.75) is 39.5 Å². The normalized spacial score (nSPS) is 10.9. The summed E-state index contributed by atoms with van der Waals surface area (Å²) in [5.41, 5.74) is 2.35. The highest BCUT2D eigenvalue weighted by atomic mass is 127. The Morgan fingerprint density at radius 1 is 1.04 bits per heavy atom. The first-order valence-electron chi connectivity index (χ1n) is 9.95. The minimum atomic E-state index is 0. The van der Waals surface area contributed by atoms with Crippen molar-refractivity contribution in [1.82, 2.24) is 15.6 Å². The van der Waals surface area contributed by atoms with Gasteiger partial charge < -0.3 is 15.4 Å². The van der Waals surface area contributed by atoms with E-state index < -0.39 is 0 Å². The minimum Gasteiger partial charge on any atom is -0.494 e. The molecule has 0 aliphatic heterocycles. The number of nitrogens with zero attached hydrogens (tertiary/aromatic N) is 2. The van der Waals surface area contributed by atoms with Crippen molar-refractivity contribution in [2.75, 3.05) is 26.2 Å². The van der Waals surface area contributed by atoms with E-state index in [4.69, 9.17) is 4.74 Å². The summed E-state index contributed by atoms with van der Waals surface area (Å²) < 4.78 is 5.71. The van der Waals surface area contributed by atoms with E-state index in [0.717, 1.165) is 69.3 Å². The summed E-state index contributed by atoms with van der Waals surface area (Å²) in [6, 6.07) is 14.3. The van der Waals surface area contributed by atoms with Crippen molar-refractivity contribution in [3.8, 4) is 5.75 Å². The summed E-state index contributed by atoms with van der Waals surface area (Å²) in [4.78, 5) is 8.96. The standard InChI is InChI=1S/C22H32N4O.HI/c1-3-5-18-27-21-11-9-19(10-12-21)13-16-25-22(23-4-2)26-17-14-20-8-6-7-15-24-20;/h6-12,15H,3-5,13-14,16-18H2,1-2H3,(H2,23,25,26);1H. The molecule has 1 heterocycles. The van der Waals surface area contributed by atoms with E-state index in [0.29, 0.717) is 0 Å². The van der Waals surface area contributed by atoms with Crippen molar-refractivity contribution >= 4 is 29.9 Å². The maximum atomic E-state index is 5.71. The number of rotatable bonds is 11. The van der Waals surface area contributed by atoms with Crippen molar-refractivity contribution in [1.29, 1.82) is 0 Å². The first-order valence-corrected chi connectivity index (χ1v) is 9.95. The van der Waals surface area contributed by atoms with Crippen LogP contribution in [0, 0.1) is 0 Å². The number of nitrogens with one attached hydrogen (secondary N) is 2. The van der Waals surface area contributed by atoms with Crippen molar-refractivity contribution in [3.05, 3.63) is 59.9 Å². The first kappa shape index (κ1) is 24.2. The second-order valence-corrected chi connectivity index (χ2v) is 6.35. The Morgan fingerprint density at radius 3 is 2.54 bits per heavy atom. The summed E-state index contributed by atoms with van der Waals surface area (Å²) in [7, 11) is 0. The molecular weight excluding hydrogens is 463 g/mol. The third kappa shape index (κ3) is 9.92. The number of ether oxygens (including phenoxy) is 1. The molecule has 0 saturated heterocycles. The van der Waals surface area contributed by atoms with E-state index in [2.05, 4.69) is 58.7 Å². The van der Waals surface area contributed by atoms with Crippen molar-refractivity contribution < 1.29 is 4.74 Å². The van der Waals surface area contributed by atoms with E-state index >= 15 is 0 Å². The van der Waals surface area contributed by atoms with Gasteiger partial charge in [-0.2, -0.15) is 0 Å². The zero-order valence-corrected chi connectivity index (χ0v) is 19.3. The lowest BCUT2D eigenvalue weighted by molar-refractivity contribution is 0.309. The van der Waals surface area contributed by atoms with Gasteiger partial charge >= 0.3 is 0 Å². The van der Waals surface area contributed by atoms with Crippen LogP contribution in [-0.4, -0.2) is 37.2 Å². The van der Waals surface area contributed by atoms with Crippen LogP contribution >= 0.6 is 24.0 Å². The molecule has 1 aromatic heterocycles. The summed E-state index contributed by atoms with van der Waals surface area (Å²) >= 11 is 0. The van der Waals surface area contributed by atoms with Gasteiger partial charge in [-0.15, -0.1) is 24.0 Å². The van der Waals surface area contributed by atoms with Gasteiger partial charge in [0.15, 0.2) is 5.96 Å². The lowest BCUT2D eigenvalue weighted by atomic mass is 10.1. The highest BCUT2D eigenvalue weighted by Crippen LogP contribution is 2.12. The monoisotopic (exact) mass is 496 g/mol. The maximum absolute atomic E-state index is 5.71. The van der Waals surface area contributed by atoms with Crippen LogP contribution < -0.4 is 15.4 Å². The van der Waals surface area contributed by atoms with Gasteiger partial charge in [0.05, 0.1) is 6.61 Å². The minimum absolute atomic E-state index is 0. The Bertz CT molecular complexity index is 662. The molecule has 0 bridgehead atoms. The zero-order chi connectivity index (χ0) is 19.2. The number of guanidine groups is 1. The molecule has 2 N–H and O–H groups in total. The lowest BCUT2D eigenvalue weighted by Crippen LogP contribution is -2.38. The second kappa shape index (κ2) is 15.1. The molecule has 0 aliphatic rings. The second-order valence-electron chi connectivity index (χ2n) is 6.35. The molecule has 6 heteroatoms. The Hall–Kier alpha value is -1.83. The maximum Gasteiger partial charge on any atom is 0.191 e. The molecule has 1 aromatic carbocycles. The van der Waals surface area contributed by atoms with E-state index in [-0.39, 0.29) is 24.0 Å². The topological polar surface area (TPSA) is 58.5 Å². The summed E-state index contributed by atoms with van der Waals surface area (Å²) in [6.07, 6.45) is 5.86. The number of aromatic nitrogens is 1. The van der Waals surface area contributed by atoms with Gasteiger partial charge in [0.25, 0.3) is 0 Å². The molecule has 0 spiro atoms. The van der Waals surface area contributed by atoms with Crippen LogP contribution in [0.4, 0.5) is 0 Å². The van der Waals surface area contributed by atoms with Gasteiger partial charge in [-0.3, -0.25) is 9.98 Å². The number of halogens is 1. The Morgan fingerprint density at radius 2 is 1.86 bits per heavy atom. The average Bonchev–Trinajstić information content (AvgIpc) is 2.70. The molecule has 2 aromatic rings. The molecule has 5 nitrogen and oxygen atoms in total. The summed E-state index contributed by atoms with van der Waals surface area (Å²) in [5, 5.41) is 6.69. The van der Waals surface area contributed by atoms with E-state index in [1.807, 2.05) is 24.4 Å². The highest BCUT2D eigenvalue weighted by Gasteiger charge is 2.00. The fourth-order valence-corrected chi connectivity index (χ4v) is 2.58. The van der Waals surface area contributed by atoms with Crippen LogP contribution in [0.15, 0.2) is 53.7 Å². The van der Waals surface area contributed by atoms with Crippen LogP contribution in [-0.2, 0) is 12.8 Å². The highest BCUT2D eigenvalue weighted by molar-refractivity contribution is 14.0. The number of hydrogen-bond acceptors (Lipinski definition) is 3. The smallest absolute Gasteiger partial charge is 0.191 e. The fourth-order valence-electron chi connectivity index (χ4n) is 2.58. The Labute approximate surface area is 186 Å². The molecule has 0 radical (unpaired) electrons. The summed E-state index contributed by atoms with van der Waals surface area (Å²) in [6.45, 7) is 7.44. The molecule has 0 fully saturated rings. The molecular formula is C22H33IN4O. The Kier molecular flexibility index (Phi) is 13.1. The van der Waals surface area contributed by atoms with Crippen LogP contribution in [0.5, 0.6) is 5.75 Å². The van der Waals surface area contributed by atoms with Gasteiger partial charge in [-0.1, -0.05) is 31.5 Å². The molecule has 0 atom stereocenters. The van der Waals surface area contributed by atoms with Gasteiger partial charge in [-0.05, 0) is 49.6 Å². The predicted octanol–water partition coefficient (Wildman–Crippen LogP) is 4.22. The lowest BCUT2D eigenvalue weighted by Gasteiger charge is -2.11. The molecule has 0 aliphatic carbocycles. The van der Waals surface area contributed by atoms with Crippen LogP contribution in [0.3, 0.4) is 0 Å². The number of aliphatic imine (C=N–C) groups is 1. The van der Waals surface area contributed by atoms with E-state index in [9.17, 15) is 0 Å². The van der Waals surface area contributed by atoms with Crippen LogP contribution in [0.2, 0.25) is 0 Å². The van der Waals surface area contributed by atoms with Crippen LogP contribution in [0.25, 0.3) is 0 Å². The number of pyridine rings is 1. The SMILES string of the molecule is CCCCOc1ccc(CCNC(=NCCc2ccccn2)NCC)cc1.I. The quantitative estimate of drug-likeness (QED) is 0.212. The van der Waals surface area contributed by atoms with E-state index in [1.54, 1.807) is 0 Å². The Balaban J connectivity index is 0.00000392. The number of hydrogen-bond donors (Lipinski definition) is 2. The number of benzene rings is 1. The largest absolute Gasteiger partial charge is 0.494 e. The molecule has 2 rings (SSSR count).